The Kier molecular flexibility index (Phi) is 5.95. The fourth-order valence-corrected chi connectivity index (χ4v) is 2.22. The number of hydrogen-bond acceptors (Lipinski definition) is 4. The number of rotatable bonds is 5. The lowest BCUT2D eigenvalue weighted by molar-refractivity contribution is 0.344. The van der Waals surface area contributed by atoms with Crippen molar-refractivity contribution in [2.75, 3.05) is 26.0 Å². The SMILES string of the molecule is CC(C)C(CN(C)C)Nc1cc(Br)nc(C(C)(C)C)n1. The van der Waals surface area contributed by atoms with Crippen molar-refractivity contribution in [3.63, 3.8) is 0 Å². The maximum Gasteiger partial charge on any atom is 0.137 e. The molecule has 0 aliphatic carbocycles. The first-order valence-electron chi connectivity index (χ1n) is 7.06. The van der Waals surface area contributed by atoms with E-state index in [1.807, 2.05) is 6.07 Å². The molecule has 0 saturated heterocycles. The Morgan fingerprint density at radius 3 is 2.30 bits per heavy atom. The molecular weight excluding hydrogens is 316 g/mol. The lowest BCUT2D eigenvalue weighted by Gasteiger charge is -2.27. The molecule has 0 aromatic carbocycles. The lowest BCUT2D eigenvalue weighted by Crippen LogP contribution is -2.37. The van der Waals surface area contributed by atoms with Gasteiger partial charge in [-0.2, -0.15) is 0 Å². The average Bonchev–Trinajstić information content (AvgIpc) is 2.25. The Morgan fingerprint density at radius 2 is 1.85 bits per heavy atom. The van der Waals surface area contributed by atoms with Crippen molar-refractivity contribution in [2.24, 2.45) is 5.92 Å². The van der Waals surface area contributed by atoms with Crippen molar-refractivity contribution >= 4 is 21.7 Å². The summed E-state index contributed by atoms with van der Waals surface area (Å²) in [5.41, 5.74) is -0.0604. The number of likely N-dealkylation sites (N-methyl/N-ethyl adjacent to an activating group) is 1. The molecule has 0 amide bonds. The third-order valence-corrected chi connectivity index (χ3v) is 3.47. The molecule has 1 aromatic rings. The summed E-state index contributed by atoms with van der Waals surface area (Å²) in [5, 5.41) is 3.54. The van der Waals surface area contributed by atoms with E-state index in [0.717, 1.165) is 22.8 Å². The van der Waals surface area contributed by atoms with Crippen LogP contribution < -0.4 is 5.32 Å². The van der Waals surface area contributed by atoms with E-state index in [-0.39, 0.29) is 5.41 Å². The number of halogens is 1. The smallest absolute Gasteiger partial charge is 0.137 e. The molecule has 0 fully saturated rings. The van der Waals surface area contributed by atoms with Crippen molar-refractivity contribution in [1.82, 2.24) is 14.9 Å². The minimum absolute atomic E-state index is 0.0604. The van der Waals surface area contributed by atoms with Crippen LogP contribution in [0.1, 0.15) is 40.4 Å². The van der Waals surface area contributed by atoms with E-state index in [0.29, 0.717) is 12.0 Å². The second kappa shape index (κ2) is 6.85. The summed E-state index contributed by atoms with van der Waals surface area (Å²) in [4.78, 5) is 11.3. The Bertz CT molecular complexity index is 438. The number of aromatic nitrogens is 2. The molecule has 4 nitrogen and oxygen atoms in total. The number of nitrogens with one attached hydrogen (secondary N) is 1. The van der Waals surface area contributed by atoms with Crippen LogP contribution >= 0.6 is 15.9 Å². The molecule has 1 aromatic heterocycles. The fraction of sp³-hybridized carbons (Fsp3) is 0.733. The van der Waals surface area contributed by atoms with E-state index in [2.05, 4.69) is 84.8 Å². The molecule has 5 heteroatoms. The van der Waals surface area contributed by atoms with Crippen molar-refractivity contribution in [3.05, 3.63) is 16.5 Å². The highest BCUT2D eigenvalue weighted by molar-refractivity contribution is 9.10. The molecule has 0 saturated carbocycles. The second-order valence-electron chi connectivity index (χ2n) is 6.91. The maximum absolute atomic E-state index is 4.66. The van der Waals surface area contributed by atoms with E-state index >= 15 is 0 Å². The zero-order valence-corrected chi connectivity index (χ0v) is 15.2. The molecular formula is C15H27BrN4. The van der Waals surface area contributed by atoms with Gasteiger partial charge in [0, 0.05) is 24.1 Å². The molecule has 1 unspecified atom stereocenters. The molecule has 114 valence electrons. The molecule has 1 N–H and O–H groups in total. The van der Waals surface area contributed by atoms with Gasteiger partial charge in [0.1, 0.15) is 16.2 Å². The first-order chi connectivity index (χ1) is 9.09. The number of nitrogens with zero attached hydrogens (tertiary/aromatic N) is 3. The highest BCUT2D eigenvalue weighted by Crippen LogP contribution is 2.23. The summed E-state index contributed by atoms with van der Waals surface area (Å²) in [7, 11) is 4.18. The van der Waals surface area contributed by atoms with E-state index in [4.69, 9.17) is 0 Å². The van der Waals surface area contributed by atoms with Gasteiger partial charge in [0.2, 0.25) is 0 Å². The van der Waals surface area contributed by atoms with Crippen LogP contribution in [-0.4, -0.2) is 41.5 Å². The molecule has 0 radical (unpaired) electrons. The van der Waals surface area contributed by atoms with Crippen LogP contribution in [0.4, 0.5) is 5.82 Å². The van der Waals surface area contributed by atoms with Crippen LogP contribution in [0.3, 0.4) is 0 Å². The first kappa shape index (κ1) is 17.4. The van der Waals surface area contributed by atoms with Crippen LogP contribution in [0.25, 0.3) is 0 Å². The second-order valence-corrected chi connectivity index (χ2v) is 7.72. The van der Waals surface area contributed by atoms with Crippen molar-refractivity contribution in [3.8, 4) is 0 Å². The molecule has 0 aliphatic rings. The average molecular weight is 343 g/mol. The van der Waals surface area contributed by atoms with Crippen LogP contribution in [0, 0.1) is 5.92 Å². The fourth-order valence-electron chi connectivity index (χ4n) is 1.83. The molecule has 1 heterocycles. The molecule has 20 heavy (non-hydrogen) atoms. The molecule has 0 bridgehead atoms. The predicted octanol–water partition coefficient (Wildman–Crippen LogP) is 3.53. The molecule has 0 aliphatic heterocycles. The van der Waals surface area contributed by atoms with Gasteiger partial charge >= 0.3 is 0 Å². The van der Waals surface area contributed by atoms with Gasteiger partial charge in [-0.1, -0.05) is 34.6 Å². The quantitative estimate of drug-likeness (QED) is 0.831. The van der Waals surface area contributed by atoms with Gasteiger partial charge in [-0.25, -0.2) is 9.97 Å². The summed E-state index contributed by atoms with van der Waals surface area (Å²) in [6.07, 6.45) is 0. The molecule has 1 atom stereocenters. The normalized spacial score (nSPS) is 13.9. The van der Waals surface area contributed by atoms with E-state index in [1.54, 1.807) is 0 Å². The topological polar surface area (TPSA) is 41.0 Å². The van der Waals surface area contributed by atoms with E-state index in [1.165, 1.54) is 0 Å². The van der Waals surface area contributed by atoms with Crippen LogP contribution in [0.15, 0.2) is 10.7 Å². The van der Waals surface area contributed by atoms with Crippen LogP contribution in [0.5, 0.6) is 0 Å². The van der Waals surface area contributed by atoms with Gasteiger partial charge < -0.3 is 10.2 Å². The Balaban J connectivity index is 2.98. The van der Waals surface area contributed by atoms with Gasteiger partial charge in [0.15, 0.2) is 0 Å². The Morgan fingerprint density at radius 1 is 1.25 bits per heavy atom. The van der Waals surface area contributed by atoms with E-state index in [9.17, 15) is 0 Å². The highest BCUT2D eigenvalue weighted by Gasteiger charge is 2.20. The molecule has 1 rings (SSSR count). The first-order valence-corrected chi connectivity index (χ1v) is 7.85. The van der Waals surface area contributed by atoms with Gasteiger partial charge in [0.05, 0.1) is 0 Å². The van der Waals surface area contributed by atoms with Crippen molar-refractivity contribution in [2.45, 2.75) is 46.1 Å². The number of anilines is 1. The summed E-state index contributed by atoms with van der Waals surface area (Å²) in [6, 6.07) is 2.31. The largest absolute Gasteiger partial charge is 0.366 e. The predicted molar refractivity (Wildman–Crippen MR) is 89.2 cm³/mol. The summed E-state index contributed by atoms with van der Waals surface area (Å²) >= 11 is 3.48. The summed E-state index contributed by atoms with van der Waals surface area (Å²) in [5.74, 6) is 2.27. The minimum atomic E-state index is -0.0604. The van der Waals surface area contributed by atoms with Crippen molar-refractivity contribution < 1.29 is 0 Å². The minimum Gasteiger partial charge on any atom is -0.366 e. The van der Waals surface area contributed by atoms with Gasteiger partial charge in [0.25, 0.3) is 0 Å². The van der Waals surface area contributed by atoms with Crippen molar-refractivity contribution in [1.29, 1.82) is 0 Å². The zero-order valence-electron chi connectivity index (χ0n) is 13.7. The standard InChI is InChI=1S/C15H27BrN4/c1-10(2)11(9-20(6)7)17-13-8-12(16)18-14(19-13)15(3,4)5/h8,10-11H,9H2,1-7H3,(H,17,18,19). The number of hydrogen-bond donors (Lipinski definition) is 1. The Labute approximate surface area is 131 Å². The maximum atomic E-state index is 4.66. The third kappa shape index (κ3) is 5.37. The van der Waals surface area contributed by atoms with Crippen LogP contribution in [0.2, 0.25) is 0 Å². The highest BCUT2D eigenvalue weighted by atomic mass is 79.9. The van der Waals surface area contributed by atoms with Gasteiger partial charge in [-0.15, -0.1) is 0 Å². The van der Waals surface area contributed by atoms with E-state index < -0.39 is 0 Å². The zero-order chi connectivity index (χ0) is 15.5. The third-order valence-electron chi connectivity index (χ3n) is 3.07. The monoisotopic (exact) mass is 342 g/mol. The van der Waals surface area contributed by atoms with Gasteiger partial charge in [-0.3, -0.25) is 0 Å². The van der Waals surface area contributed by atoms with Gasteiger partial charge in [-0.05, 0) is 35.9 Å². The summed E-state index contributed by atoms with van der Waals surface area (Å²) in [6.45, 7) is 11.8. The molecule has 0 spiro atoms. The lowest BCUT2D eigenvalue weighted by atomic mass is 9.96. The Hall–Kier alpha value is -0.680. The summed E-state index contributed by atoms with van der Waals surface area (Å²) < 4.78 is 0.826. The van der Waals surface area contributed by atoms with Crippen LogP contribution in [-0.2, 0) is 5.41 Å².